The van der Waals surface area contributed by atoms with E-state index in [9.17, 15) is 4.79 Å². The van der Waals surface area contributed by atoms with Crippen LogP contribution in [0.3, 0.4) is 0 Å². The highest BCUT2D eigenvalue weighted by Gasteiger charge is 2.19. The molecule has 0 amide bonds. The molecule has 1 aromatic rings. The summed E-state index contributed by atoms with van der Waals surface area (Å²) in [5.41, 5.74) is 0. The van der Waals surface area contributed by atoms with Crippen LogP contribution >= 0.6 is 27.3 Å². The van der Waals surface area contributed by atoms with Crippen molar-refractivity contribution in [2.24, 2.45) is 5.92 Å². The van der Waals surface area contributed by atoms with Crippen molar-refractivity contribution in [2.75, 3.05) is 20.1 Å². The van der Waals surface area contributed by atoms with Crippen molar-refractivity contribution < 1.29 is 4.79 Å². The quantitative estimate of drug-likeness (QED) is 0.770. The van der Waals surface area contributed by atoms with E-state index < -0.39 is 0 Å². The zero-order chi connectivity index (χ0) is 12.3. The van der Waals surface area contributed by atoms with Crippen LogP contribution in [0.15, 0.2) is 15.9 Å². The molecule has 1 heterocycles. The van der Waals surface area contributed by atoms with E-state index in [1.54, 1.807) is 0 Å². The summed E-state index contributed by atoms with van der Waals surface area (Å²) in [5, 5.41) is 1.95. The van der Waals surface area contributed by atoms with E-state index in [0.29, 0.717) is 6.54 Å². The zero-order valence-electron chi connectivity index (χ0n) is 10.1. The molecule has 1 saturated carbocycles. The number of rotatable bonds is 5. The summed E-state index contributed by atoms with van der Waals surface area (Å²) in [4.78, 5) is 15.1. The van der Waals surface area contributed by atoms with E-state index >= 15 is 0 Å². The first-order chi connectivity index (χ1) is 8.16. The number of thiophene rings is 1. The van der Waals surface area contributed by atoms with Gasteiger partial charge in [-0.15, -0.1) is 11.3 Å². The van der Waals surface area contributed by atoms with E-state index in [1.807, 2.05) is 11.4 Å². The van der Waals surface area contributed by atoms with Gasteiger partial charge in [-0.05, 0) is 53.2 Å². The first-order valence-corrected chi connectivity index (χ1v) is 7.79. The number of Topliss-reactive ketones (excluding diaryl/α,β-unsaturated/α-hetero) is 1. The topological polar surface area (TPSA) is 20.3 Å². The summed E-state index contributed by atoms with van der Waals surface area (Å²) in [5.74, 6) is 1.03. The molecule has 17 heavy (non-hydrogen) atoms. The SMILES string of the molecule is CN(CC(=O)c1sccc1Br)CC1CCCC1. The van der Waals surface area contributed by atoms with E-state index in [0.717, 1.165) is 21.8 Å². The molecule has 0 radical (unpaired) electrons. The molecule has 1 fully saturated rings. The average Bonchev–Trinajstić information content (AvgIpc) is 2.88. The Hall–Kier alpha value is -0.190. The summed E-state index contributed by atoms with van der Waals surface area (Å²) in [6.07, 6.45) is 5.40. The van der Waals surface area contributed by atoms with Gasteiger partial charge in [0.2, 0.25) is 0 Å². The highest BCUT2D eigenvalue weighted by molar-refractivity contribution is 9.10. The molecular weight excluding hydrogens is 298 g/mol. The lowest BCUT2D eigenvalue weighted by Crippen LogP contribution is -2.30. The van der Waals surface area contributed by atoms with Crippen molar-refractivity contribution in [3.8, 4) is 0 Å². The van der Waals surface area contributed by atoms with E-state index in [1.165, 1.54) is 37.0 Å². The number of likely N-dealkylation sites (N-methyl/N-ethyl adjacent to an activating group) is 1. The first-order valence-electron chi connectivity index (χ1n) is 6.11. The number of nitrogens with zero attached hydrogens (tertiary/aromatic N) is 1. The van der Waals surface area contributed by atoms with Crippen LogP contribution in [0, 0.1) is 5.92 Å². The number of carbonyl (C=O) groups excluding carboxylic acids is 1. The van der Waals surface area contributed by atoms with Gasteiger partial charge in [-0.25, -0.2) is 0 Å². The predicted molar refractivity (Wildman–Crippen MR) is 75.8 cm³/mol. The minimum absolute atomic E-state index is 0.229. The predicted octanol–water partition coefficient (Wildman–Crippen LogP) is 3.82. The van der Waals surface area contributed by atoms with Gasteiger partial charge in [-0.1, -0.05) is 12.8 Å². The largest absolute Gasteiger partial charge is 0.299 e. The van der Waals surface area contributed by atoms with Gasteiger partial charge in [0.25, 0.3) is 0 Å². The molecule has 0 aliphatic heterocycles. The molecule has 0 bridgehead atoms. The van der Waals surface area contributed by atoms with Crippen LogP contribution in [0.2, 0.25) is 0 Å². The maximum absolute atomic E-state index is 12.0. The smallest absolute Gasteiger partial charge is 0.187 e. The van der Waals surface area contributed by atoms with Gasteiger partial charge >= 0.3 is 0 Å². The van der Waals surface area contributed by atoms with Crippen LogP contribution in [0.4, 0.5) is 0 Å². The van der Waals surface area contributed by atoms with Crippen LogP contribution in [0.1, 0.15) is 35.4 Å². The second-order valence-electron chi connectivity index (χ2n) is 4.87. The van der Waals surface area contributed by atoms with Crippen LogP contribution in [-0.2, 0) is 0 Å². The van der Waals surface area contributed by atoms with E-state index in [2.05, 4.69) is 27.9 Å². The number of hydrogen-bond donors (Lipinski definition) is 0. The Labute approximate surface area is 115 Å². The minimum Gasteiger partial charge on any atom is -0.299 e. The van der Waals surface area contributed by atoms with Gasteiger partial charge in [0, 0.05) is 11.0 Å². The van der Waals surface area contributed by atoms with Gasteiger partial charge in [0.05, 0.1) is 11.4 Å². The fraction of sp³-hybridized carbons (Fsp3) is 0.615. The second kappa shape index (κ2) is 6.12. The fourth-order valence-electron chi connectivity index (χ4n) is 2.51. The van der Waals surface area contributed by atoms with Crippen molar-refractivity contribution >= 4 is 33.0 Å². The van der Waals surface area contributed by atoms with Gasteiger partial charge in [0.1, 0.15) is 0 Å². The monoisotopic (exact) mass is 315 g/mol. The van der Waals surface area contributed by atoms with Crippen molar-refractivity contribution in [1.29, 1.82) is 0 Å². The molecule has 0 spiro atoms. The molecule has 1 aliphatic carbocycles. The lowest BCUT2D eigenvalue weighted by atomic mass is 10.1. The minimum atomic E-state index is 0.229. The average molecular weight is 316 g/mol. The Bertz CT molecular complexity index is 385. The van der Waals surface area contributed by atoms with Gasteiger partial charge < -0.3 is 0 Å². The van der Waals surface area contributed by atoms with Crippen molar-refractivity contribution in [3.63, 3.8) is 0 Å². The first kappa shape index (κ1) is 13.2. The fourth-order valence-corrected chi connectivity index (χ4v) is 4.03. The van der Waals surface area contributed by atoms with E-state index in [4.69, 9.17) is 0 Å². The summed E-state index contributed by atoms with van der Waals surface area (Å²) in [6.45, 7) is 1.60. The Morgan fingerprint density at radius 2 is 2.24 bits per heavy atom. The molecule has 0 unspecified atom stereocenters. The summed E-state index contributed by atoms with van der Waals surface area (Å²) >= 11 is 4.94. The third-order valence-electron chi connectivity index (χ3n) is 3.33. The molecule has 2 rings (SSSR count). The maximum Gasteiger partial charge on any atom is 0.187 e. The van der Waals surface area contributed by atoms with Crippen molar-refractivity contribution in [3.05, 3.63) is 20.8 Å². The van der Waals surface area contributed by atoms with Crippen LogP contribution in [-0.4, -0.2) is 30.8 Å². The lowest BCUT2D eigenvalue weighted by Gasteiger charge is -2.19. The van der Waals surface area contributed by atoms with Crippen molar-refractivity contribution in [2.45, 2.75) is 25.7 Å². The summed E-state index contributed by atoms with van der Waals surface area (Å²) in [6, 6.07) is 1.94. The third kappa shape index (κ3) is 3.63. The zero-order valence-corrected chi connectivity index (χ0v) is 12.5. The Kier molecular flexibility index (Phi) is 4.77. The Morgan fingerprint density at radius 3 is 2.82 bits per heavy atom. The van der Waals surface area contributed by atoms with Crippen LogP contribution in [0.5, 0.6) is 0 Å². The molecule has 0 atom stereocenters. The van der Waals surface area contributed by atoms with Crippen LogP contribution < -0.4 is 0 Å². The standard InChI is InChI=1S/C13H18BrNOS/c1-15(8-10-4-2-3-5-10)9-12(16)13-11(14)6-7-17-13/h6-7,10H,2-5,8-9H2,1H3. The molecule has 0 N–H and O–H groups in total. The highest BCUT2D eigenvalue weighted by Crippen LogP contribution is 2.26. The lowest BCUT2D eigenvalue weighted by molar-refractivity contribution is 0.0941. The summed E-state index contributed by atoms with van der Waals surface area (Å²) in [7, 11) is 2.05. The summed E-state index contributed by atoms with van der Waals surface area (Å²) < 4.78 is 0.932. The Morgan fingerprint density at radius 1 is 1.53 bits per heavy atom. The second-order valence-corrected chi connectivity index (χ2v) is 6.64. The van der Waals surface area contributed by atoms with Crippen molar-refractivity contribution in [1.82, 2.24) is 4.90 Å². The Balaban J connectivity index is 1.83. The van der Waals surface area contributed by atoms with Crippen LogP contribution in [0.25, 0.3) is 0 Å². The maximum atomic E-state index is 12.0. The van der Waals surface area contributed by atoms with E-state index in [-0.39, 0.29) is 5.78 Å². The third-order valence-corrected chi connectivity index (χ3v) is 5.21. The molecule has 0 saturated heterocycles. The highest BCUT2D eigenvalue weighted by atomic mass is 79.9. The normalized spacial score (nSPS) is 16.9. The molecule has 94 valence electrons. The molecule has 2 nitrogen and oxygen atoms in total. The molecule has 0 aromatic carbocycles. The number of hydrogen-bond acceptors (Lipinski definition) is 3. The van der Waals surface area contributed by atoms with Gasteiger partial charge in [-0.3, -0.25) is 9.69 Å². The van der Waals surface area contributed by atoms with Gasteiger partial charge in [-0.2, -0.15) is 0 Å². The number of halogens is 1. The van der Waals surface area contributed by atoms with Gasteiger partial charge in [0.15, 0.2) is 5.78 Å². The molecular formula is C13H18BrNOS. The molecule has 4 heteroatoms. The molecule has 1 aromatic heterocycles. The molecule has 1 aliphatic rings. The number of carbonyl (C=O) groups is 1. The number of ketones is 1.